The maximum atomic E-state index is 5.49. The molecule has 72 valence electrons. The highest BCUT2D eigenvalue weighted by atomic mass is 35.5. The summed E-state index contributed by atoms with van der Waals surface area (Å²) in [5, 5.41) is 4.24. The van der Waals surface area contributed by atoms with Crippen molar-refractivity contribution in [2.45, 2.75) is 19.9 Å². The SMILES string of the molecule is CCc1nn(C)cc1CN.Cl.Cl. The van der Waals surface area contributed by atoms with Crippen molar-refractivity contribution in [2.24, 2.45) is 12.8 Å². The molecule has 3 nitrogen and oxygen atoms in total. The molecular weight excluding hydrogens is 197 g/mol. The second kappa shape index (κ2) is 6.29. The summed E-state index contributed by atoms with van der Waals surface area (Å²) < 4.78 is 1.81. The number of hydrogen-bond acceptors (Lipinski definition) is 2. The highest BCUT2D eigenvalue weighted by Gasteiger charge is 2.01. The van der Waals surface area contributed by atoms with Gasteiger partial charge in [0.1, 0.15) is 0 Å². The lowest BCUT2D eigenvalue weighted by atomic mass is 10.2. The van der Waals surface area contributed by atoms with Crippen LogP contribution in [0.25, 0.3) is 0 Å². The predicted molar refractivity (Wildman–Crippen MR) is 55.0 cm³/mol. The van der Waals surface area contributed by atoms with Gasteiger partial charge in [0.25, 0.3) is 0 Å². The fourth-order valence-electron chi connectivity index (χ4n) is 1.05. The van der Waals surface area contributed by atoms with E-state index < -0.39 is 0 Å². The van der Waals surface area contributed by atoms with E-state index >= 15 is 0 Å². The van der Waals surface area contributed by atoms with Crippen molar-refractivity contribution in [3.8, 4) is 0 Å². The van der Waals surface area contributed by atoms with E-state index in [9.17, 15) is 0 Å². The van der Waals surface area contributed by atoms with E-state index in [1.807, 2.05) is 13.2 Å². The Hall–Kier alpha value is -0.250. The van der Waals surface area contributed by atoms with Gasteiger partial charge in [-0.05, 0) is 6.42 Å². The van der Waals surface area contributed by atoms with Gasteiger partial charge in [0, 0.05) is 25.4 Å². The second-order valence-electron chi connectivity index (χ2n) is 2.33. The summed E-state index contributed by atoms with van der Waals surface area (Å²) in [6, 6.07) is 0. The Balaban J connectivity index is 0. The molecule has 1 rings (SSSR count). The van der Waals surface area contributed by atoms with Crippen LogP contribution in [0.2, 0.25) is 0 Å². The maximum absolute atomic E-state index is 5.49. The Morgan fingerprint density at radius 2 is 2.08 bits per heavy atom. The second-order valence-corrected chi connectivity index (χ2v) is 2.33. The molecule has 1 heterocycles. The summed E-state index contributed by atoms with van der Waals surface area (Å²) >= 11 is 0. The molecule has 0 saturated carbocycles. The van der Waals surface area contributed by atoms with Crippen LogP contribution < -0.4 is 5.73 Å². The minimum Gasteiger partial charge on any atom is -0.326 e. The monoisotopic (exact) mass is 211 g/mol. The van der Waals surface area contributed by atoms with Crippen LogP contribution in [0.4, 0.5) is 0 Å². The number of hydrogen-bond donors (Lipinski definition) is 1. The highest BCUT2D eigenvalue weighted by molar-refractivity contribution is 5.85. The first kappa shape index (κ1) is 14.3. The Kier molecular flexibility index (Phi) is 7.48. The summed E-state index contributed by atoms with van der Waals surface area (Å²) in [6.07, 6.45) is 2.94. The zero-order valence-corrected chi connectivity index (χ0v) is 8.91. The first-order chi connectivity index (χ1) is 4.77. The third kappa shape index (κ3) is 3.01. The van der Waals surface area contributed by atoms with Crippen LogP contribution in [0.5, 0.6) is 0 Å². The topological polar surface area (TPSA) is 43.8 Å². The Morgan fingerprint density at radius 1 is 1.50 bits per heavy atom. The van der Waals surface area contributed by atoms with Crippen molar-refractivity contribution < 1.29 is 0 Å². The fourth-order valence-corrected chi connectivity index (χ4v) is 1.05. The molecule has 0 unspecified atom stereocenters. The molecule has 0 spiro atoms. The van der Waals surface area contributed by atoms with Gasteiger partial charge in [0.05, 0.1) is 5.69 Å². The van der Waals surface area contributed by atoms with E-state index in [0.29, 0.717) is 6.54 Å². The number of nitrogens with two attached hydrogens (primary N) is 1. The smallest absolute Gasteiger partial charge is 0.0666 e. The number of nitrogens with zero attached hydrogens (tertiary/aromatic N) is 2. The maximum Gasteiger partial charge on any atom is 0.0666 e. The van der Waals surface area contributed by atoms with Crippen LogP contribution in [0.3, 0.4) is 0 Å². The molecule has 0 aliphatic rings. The van der Waals surface area contributed by atoms with Crippen molar-refractivity contribution in [3.63, 3.8) is 0 Å². The van der Waals surface area contributed by atoms with E-state index in [-0.39, 0.29) is 24.8 Å². The summed E-state index contributed by atoms with van der Waals surface area (Å²) in [4.78, 5) is 0. The summed E-state index contributed by atoms with van der Waals surface area (Å²) in [6.45, 7) is 2.68. The molecule has 0 aliphatic carbocycles. The zero-order chi connectivity index (χ0) is 7.56. The van der Waals surface area contributed by atoms with Crippen LogP contribution in [-0.2, 0) is 20.0 Å². The summed E-state index contributed by atoms with van der Waals surface area (Å²) in [5.41, 5.74) is 7.76. The Labute approximate surface area is 85.1 Å². The number of aromatic nitrogens is 2. The first-order valence-electron chi connectivity index (χ1n) is 3.49. The normalized spacial score (nSPS) is 8.58. The van der Waals surface area contributed by atoms with E-state index in [1.165, 1.54) is 0 Å². The van der Waals surface area contributed by atoms with Gasteiger partial charge in [0.15, 0.2) is 0 Å². The first-order valence-corrected chi connectivity index (χ1v) is 3.49. The summed E-state index contributed by atoms with van der Waals surface area (Å²) in [7, 11) is 1.92. The van der Waals surface area contributed by atoms with E-state index in [0.717, 1.165) is 17.7 Å². The van der Waals surface area contributed by atoms with Gasteiger partial charge in [-0.25, -0.2) is 0 Å². The number of aryl methyl sites for hydroxylation is 2. The van der Waals surface area contributed by atoms with Crippen LogP contribution in [0, 0.1) is 0 Å². The van der Waals surface area contributed by atoms with Crippen LogP contribution in [0.15, 0.2) is 6.20 Å². The molecule has 5 heteroatoms. The quantitative estimate of drug-likeness (QED) is 0.802. The third-order valence-electron chi connectivity index (χ3n) is 1.55. The van der Waals surface area contributed by atoms with Gasteiger partial charge >= 0.3 is 0 Å². The van der Waals surface area contributed by atoms with Crippen molar-refractivity contribution in [3.05, 3.63) is 17.5 Å². The minimum absolute atomic E-state index is 0. The average molecular weight is 212 g/mol. The van der Waals surface area contributed by atoms with Gasteiger partial charge in [-0.2, -0.15) is 5.10 Å². The number of rotatable bonds is 2. The third-order valence-corrected chi connectivity index (χ3v) is 1.55. The van der Waals surface area contributed by atoms with Crippen molar-refractivity contribution in [2.75, 3.05) is 0 Å². The molecule has 0 amide bonds. The zero-order valence-electron chi connectivity index (χ0n) is 7.28. The fraction of sp³-hybridized carbons (Fsp3) is 0.571. The molecule has 0 bridgehead atoms. The molecule has 1 aromatic heterocycles. The molecule has 2 N–H and O–H groups in total. The molecule has 0 saturated heterocycles. The average Bonchev–Trinajstić information content (AvgIpc) is 2.30. The Morgan fingerprint density at radius 3 is 2.42 bits per heavy atom. The van der Waals surface area contributed by atoms with Crippen LogP contribution in [-0.4, -0.2) is 9.78 Å². The molecule has 0 atom stereocenters. The van der Waals surface area contributed by atoms with Gasteiger partial charge in [-0.15, -0.1) is 24.8 Å². The van der Waals surface area contributed by atoms with Crippen molar-refractivity contribution in [1.82, 2.24) is 9.78 Å². The van der Waals surface area contributed by atoms with Crippen LogP contribution >= 0.6 is 24.8 Å². The van der Waals surface area contributed by atoms with Gasteiger partial charge < -0.3 is 5.73 Å². The lowest BCUT2D eigenvalue weighted by molar-refractivity contribution is 0.746. The lowest BCUT2D eigenvalue weighted by Crippen LogP contribution is -1.97. The molecule has 1 aromatic rings. The largest absolute Gasteiger partial charge is 0.326 e. The molecule has 0 fully saturated rings. The highest BCUT2D eigenvalue weighted by Crippen LogP contribution is 2.04. The molecule has 0 radical (unpaired) electrons. The molecule has 0 aromatic carbocycles. The van der Waals surface area contributed by atoms with Gasteiger partial charge in [-0.3, -0.25) is 4.68 Å². The molecule has 0 aliphatic heterocycles. The summed E-state index contributed by atoms with van der Waals surface area (Å²) in [5.74, 6) is 0. The van der Waals surface area contributed by atoms with E-state index in [4.69, 9.17) is 5.73 Å². The standard InChI is InChI=1S/C7H13N3.2ClH/c1-3-7-6(4-8)5-10(2)9-7;;/h5H,3-4,8H2,1-2H3;2*1H. The van der Waals surface area contributed by atoms with Crippen LogP contribution in [0.1, 0.15) is 18.2 Å². The Bertz CT molecular complexity index is 201. The van der Waals surface area contributed by atoms with Crippen molar-refractivity contribution >= 4 is 24.8 Å². The van der Waals surface area contributed by atoms with Gasteiger partial charge in [-0.1, -0.05) is 6.92 Å². The van der Waals surface area contributed by atoms with Gasteiger partial charge in [0.2, 0.25) is 0 Å². The number of halogens is 2. The lowest BCUT2D eigenvalue weighted by Gasteiger charge is -1.90. The minimum atomic E-state index is 0. The van der Waals surface area contributed by atoms with E-state index in [2.05, 4.69) is 12.0 Å². The predicted octanol–water partition coefficient (Wildman–Crippen LogP) is 1.28. The molecule has 12 heavy (non-hydrogen) atoms. The molecular formula is C7H15Cl2N3. The van der Waals surface area contributed by atoms with Crippen molar-refractivity contribution in [1.29, 1.82) is 0 Å². The van der Waals surface area contributed by atoms with E-state index in [1.54, 1.807) is 4.68 Å².